The highest BCUT2D eigenvalue weighted by Gasteiger charge is 2.40. The van der Waals surface area contributed by atoms with Crippen molar-refractivity contribution in [1.29, 1.82) is 5.26 Å². The first-order chi connectivity index (χ1) is 19.8. The Kier molecular flexibility index (Phi) is 11.0. The smallest absolute Gasteiger partial charge is 0.413 e. The molecule has 2 N–H and O–H groups in total. The largest absolute Gasteiger partial charge is 0.450 e. The number of rotatable bonds is 10. The molecule has 4 unspecified atom stereocenters. The molecule has 0 saturated carbocycles. The molecular formula is C30H44N6O5. The minimum atomic E-state index is -1.25. The number of hydrogen-bond donors (Lipinski definition) is 2. The number of morpholine rings is 1. The maximum atomic E-state index is 13.9. The van der Waals surface area contributed by atoms with Gasteiger partial charge in [-0.1, -0.05) is 30.3 Å². The van der Waals surface area contributed by atoms with Crippen LogP contribution >= 0.6 is 0 Å². The van der Waals surface area contributed by atoms with Crippen LogP contribution in [0, 0.1) is 17.2 Å². The predicted octanol–water partition coefficient (Wildman–Crippen LogP) is 2.67. The van der Waals surface area contributed by atoms with Crippen LogP contribution in [0.1, 0.15) is 51.5 Å². The van der Waals surface area contributed by atoms with Crippen LogP contribution in [0.2, 0.25) is 0 Å². The lowest BCUT2D eigenvalue weighted by molar-refractivity contribution is -0.124. The molecule has 1 aromatic rings. The van der Waals surface area contributed by atoms with Crippen LogP contribution in [0.4, 0.5) is 4.79 Å². The standard InChI is InChI=1S/C30H44N6O5/c1-4-41-29(38)33-28(36-12-14-39-15-13-36)32-26(18-23-16-24-10-11-25(17-23)35(24)3)27(37)34-30(2,20-31)21-40-19-22-8-6-5-7-9-22/h5-9,23-26H,4,10-19,21H2,1-3H3,(H,34,37)(H,32,33,38). The molecule has 4 atom stereocenters. The quantitative estimate of drug-likeness (QED) is 0.326. The second-order valence-electron chi connectivity index (χ2n) is 11.4. The monoisotopic (exact) mass is 568 g/mol. The SMILES string of the molecule is CCOC(=O)NC(=NC(CC1CC2CCC(C1)N2C)C(=O)NC(C)(C#N)COCc1ccccc1)N1CCOCC1. The highest BCUT2D eigenvalue weighted by atomic mass is 16.5. The molecule has 0 aliphatic carbocycles. The van der Waals surface area contributed by atoms with Crippen LogP contribution in [0.5, 0.6) is 0 Å². The number of ether oxygens (including phenoxy) is 3. The Balaban J connectivity index is 1.52. The molecule has 41 heavy (non-hydrogen) atoms. The number of nitrogens with one attached hydrogen (secondary N) is 2. The maximum Gasteiger partial charge on any atom is 0.413 e. The summed E-state index contributed by atoms with van der Waals surface area (Å²) >= 11 is 0. The van der Waals surface area contributed by atoms with Gasteiger partial charge in [0.2, 0.25) is 11.9 Å². The molecule has 11 nitrogen and oxygen atoms in total. The van der Waals surface area contributed by atoms with E-state index in [1.54, 1.807) is 13.8 Å². The van der Waals surface area contributed by atoms with Crippen molar-refractivity contribution in [2.75, 3.05) is 46.6 Å². The number of fused-ring (bicyclic) bond motifs is 2. The fraction of sp³-hybridized carbons (Fsp3) is 0.667. The number of amides is 2. The highest BCUT2D eigenvalue weighted by Crippen LogP contribution is 2.39. The van der Waals surface area contributed by atoms with E-state index in [2.05, 4.69) is 28.7 Å². The van der Waals surface area contributed by atoms with Crippen molar-refractivity contribution in [1.82, 2.24) is 20.4 Å². The second-order valence-corrected chi connectivity index (χ2v) is 11.4. The zero-order valence-corrected chi connectivity index (χ0v) is 24.5. The van der Waals surface area contributed by atoms with Gasteiger partial charge in [0, 0.05) is 25.2 Å². The summed E-state index contributed by atoms with van der Waals surface area (Å²) in [6.07, 6.45) is 4.25. The molecule has 3 saturated heterocycles. The van der Waals surface area contributed by atoms with Gasteiger partial charge in [-0.05, 0) is 64.5 Å². The Morgan fingerprint density at radius 1 is 1.20 bits per heavy atom. The van der Waals surface area contributed by atoms with Crippen molar-refractivity contribution in [2.45, 2.75) is 76.2 Å². The first-order valence-corrected chi connectivity index (χ1v) is 14.7. The van der Waals surface area contributed by atoms with E-state index in [-0.39, 0.29) is 19.1 Å². The van der Waals surface area contributed by atoms with Crippen molar-refractivity contribution in [3.8, 4) is 6.07 Å². The number of hydrogen-bond acceptors (Lipinski definition) is 8. The van der Waals surface area contributed by atoms with E-state index in [0.717, 1.165) is 18.4 Å². The molecule has 3 fully saturated rings. The minimum Gasteiger partial charge on any atom is -0.450 e. The molecule has 3 aliphatic heterocycles. The Morgan fingerprint density at radius 3 is 2.51 bits per heavy atom. The lowest BCUT2D eigenvalue weighted by atomic mass is 9.85. The molecule has 3 aliphatic rings. The fourth-order valence-corrected chi connectivity index (χ4v) is 6.02. The van der Waals surface area contributed by atoms with E-state index in [9.17, 15) is 14.9 Å². The molecular weight excluding hydrogens is 524 g/mol. The third-order valence-corrected chi connectivity index (χ3v) is 8.28. The van der Waals surface area contributed by atoms with Crippen molar-refractivity contribution < 1.29 is 23.8 Å². The van der Waals surface area contributed by atoms with Gasteiger partial charge in [0.25, 0.3) is 0 Å². The lowest BCUT2D eigenvalue weighted by Crippen LogP contribution is -2.54. The summed E-state index contributed by atoms with van der Waals surface area (Å²) in [6.45, 7) is 6.00. The molecule has 4 rings (SSSR count). The number of guanidine groups is 1. The van der Waals surface area contributed by atoms with Gasteiger partial charge in [0.1, 0.15) is 11.6 Å². The zero-order chi connectivity index (χ0) is 29.2. The third-order valence-electron chi connectivity index (χ3n) is 8.28. The van der Waals surface area contributed by atoms with Crippen molar-refractivity contribution in [3.63, 3.8) is 0 Å². The number of aliphatic imine (C=N–C) groups is 1. The summed E-state index contributed by atoms with van der Waals surface area (Å²) in [4.78, 5) is 35.5. The summed E-state index contributed by atoms with van der Waals surface area (Å²) in [5.41, 5.74) is -0.266. The highest BCUT2D eigenvalue weighted by molar-refractivity contribution is 5.96. The topological polar surface area (TPSA) is 129 Å². The number of carbonyl (C=O) groups is 2. The van der Waals surface area contributed by atoms with Crippen LogP contribution in [0.15, 0.2) is 35.3 Å². The van der Waals surface area contributed by atoms with Gasteiger partial charge in [-0.15, -0.1) is 0 Å². The van der Waals surface area contributed by atoms with Crippen LogP contribution in [-0.4, -0.2) is 98.0 Å². The van der Waals surface area contributed by atoms with Gasteiger partial charge in [0.05, 0.1) is 39.1 Å². The minimum absolute atomic E-state index is 0.0241. The van der Waals surface area contributed by atoms with Crippen LogP contribution in [0.3, 0.4) is 0 Å². The second kappa shape index (κ2) is 14.6. The van der Waals surface area contributed by atoms with E-state index >= 15 is 0 Å². The molecule has 0 spiro atoms. The molecule has 2 amide bonds. The normalized spacial score (nSPS) is 25.1. The molecule has 11 heteroatoms. The van der Waals surface area contributed by atoms with Crippen molar-refractivity contribution in [3.05, 3.63) is 35.9 Å². The summed E-state index contributed by atoms with van der Waals surface area (Å²) in [5.74, 6) is 0.237. The third kappa shape index (κ3) is 8.64. The van der Waals surface area contributed by atoms with E-state index in [0.29, 0.717) is 63.3 Å². The lowest BCUT2D eigenvalue weighted by Gasteiger charge is -2.37. The summed E-state index contributed by atoms with van der Waals surface area (Å²) in [5, 5.41) is 15.7. The predicted molar refractivity (Wildman–Crippen MR) is 154 cm³/mol. The summed E-state index contributed by atoms with van der Waals surface area (Å²) < 4.78 is 16.5. The summed E-state index contributed by atoms with van der Waals surface area (Å²) in [6, 6.07) is 12.1. The average molecular weight is 569 g/mol. The van der Waals surface area contributed by atoms with E-state index in [4.69, 9.17) is 19.2 Å². The van der Waals surface area contributed by atoms with Gasteiger partial charge in [-0.3, -0.25) is 10.1 Å². The Morgan fingerprint density at radius 2 is 1.88 bits per heavy atom. The van der Waals surface area contributed by atoms with Gasteiger partial charge < -0.3 is 29.3 Å². The number of carbonyl (C=O) groups excluding carboxylic acids is 2. The van der Waals surface area contributed by atoms with Crippen LogP contribution in [-0.2, 0) is 25.6 Å². The molecule has 1 aromatic carbocycles. The zero-order valence-electron chi connectivity index (χ0n) is 24.5. The Bertz CT molecular complexity index is 1070. The van der Waals surface area contributed by atoms with Crippen molar-refractivity contribution in [2.24, 2.45) is 10.9 Å². The fourth-order valence-electron chi connectivity index (χ4n) is 6.02. The van der Waals surface area contributed by atoms with Gasteiger partial charge in [-0.25, -0.2) is 9.79 Å². The van der Waals surface area contributed by atoms with Gasteiger partial charge in [-0.2, -0.15) is 5.26 Å². The van der Waals surface area contributed by atoms with Gasteiger partial charge in [0.15, 0.2) is 0 Å². The molecule has 2 bridgehead atoms. The van der Waals surface area contributed by atoms with Crippen LogP contribution < -0.4 is 10.6 Å². The molecule has 224 valence electrons. The Labute approximate surface area is 243 Å². The number of benzene rings is 1. The number of nitrogens with zero attached hydrogens (tertiary/aromatic N) is 4. The van der Waals surface area contributed by atoms with Gasteiger partial charge >= 0.3 is 6.09 Å². The van der Waals surface area contributed by atoms with Crippen molar-refractivity contribution >= 4 is 18.0 Å². The first kappa shape index (κ1) is 30.8. The van der Waals surface area contributed by atoms with E-state index < -0.39 is 17.7 Å². The number of alkyl carbamates (subject to hydrolysis) is 1. The Hall–Kier alpha value is -3.20. The molecule has 3 heterocycles. The number of piperidine rings is 1. The summed E-state index contributed by atoms with van der Waals surface area (Å²) in [7, 11) is 2.19. The molecule has 0 aromatic heterocycles. The molecule has 0 radical (unpaired) electrons. The maximum absolute atomic E-state index is 13.9. The van der Waals surface area contributed by atoms with Crippen LogP contribution in [0.25, 0.3) is 0 Å². The van der Waals surface area contributed by atoms with E-state index in [1.807, 2.05) is 35.2 Å². The average Bonchev–Trinajstić information content (AvgIpc) is 3.17. The first-order valence-electron chi connectivity index (χ1n) is 14.7. The van der Waals surface area contributed by atoms with E-state index in [1.165, 1.54) is 12.8 Å². The number of nitriles is 1.